The number of likely N-dealkylation sites (N-methyl/N-ethyl adjacent to an activating group) is 1. The van der Waals surface area contributed by atoms with Crippen molar-refractivity contribution in [3.8, 4) is 0 Å². The first-order chi connectivity index (χ1) is 9.20. The molecule has 3 nitrogen and oxygen atoms in total. The summed E-state index contributed by atoms with van der Waals surface area (Å²) >= 11 is 0. The molecular weight excluding hydrogens is 236 g/mol. The normalized spacial score (nSPS) is 12.2. The minimum absolute atomic E-state index is 0.553. The Hall–Kier alpha value is -1.87. The maximum Gasteiger partial charge on any atom is 0.113 e. The van der Waals surface area contributed by atoms with Crippen molar-refractivity contribution < 1.29 is 5.11 Å². The van der Waals surface area contributed by atoms with Gasteiger partial charge in [0.05, 0.1) is 5.69 Å². The SMILES string of the molecule is CCN(CC(O)c1ccccn1)c1cccc(C)c1. The molecule has 19 heavy (non-hydrogen) atoms. The number of anilines is 1. The van der Waals surface area contributed by atoms with Crippen LogP contribution in [0.4, 0.5) is 5.69 Å². The molecule has 3 heteroatoms. The van der Waals surface area contributed by atoms with Crippen LogP contribution < -0.4 is 4.90 Å². The van der Waals surface area contributed by atoms with Gasteiger partial charge in [-0.05, 0) is 43.7 Å². The molecular formula is C16H20N2O. The molecule has 0 spiro atoms. The second kappa shape index (κ2) is 6.34. The Morgan fingerprint density at radius 1 is 1.21 bits per heavy atom. The van der Waals surface area contributed by atoms with Gasteiger partial charge in [0.2, 0.25) is 0 Å². The van der Waals surface area contributed by atoms with Crippen molar-refractivity contribution in [2.24, 2.45) is 0 Å². The Bertz CT molecular complexity index is 513. The third kappa shape index (κ3) is 3.55. The van der Waals surface area contributed by atoms with E-state index in [4.69, 9.17) is 0 Å². The van der Waals surface area contributed by atoms with E-state index in [-0.39, 0.29) is 0 Å². The van der Waals surface area contributed by atoms with Crippen molar-refractivity contribution in [1.29, 1.82) is 0 Å². The molecule has 1 heterocycles. The number of benzene rings is 1. The number of aliphatic hydroxyl groups excluding tert-OH is 1. The van der Waals surface area contributed by atoms with Crippen molar-refractivity contribution >= 4 is 5.69 Å². The lowest BCUT2D eigenvalue weighted by Crippen LogP contribution is -2.28. The van der Waals surface area contributed by atoms with E-state index < -0.39 is 6.10 Å². The van der Waals surface area contributed by atoms with E-state index in [1.54, 1.807) is 6.20 Å². The van der Waals surface area contributed by atoms with Gasteiger partial charge in [0.25, 0.3) is 0 Å². The van der Waals surface area contributed by atoms with Crippen LogP contribution in [-0.4, -0.2) is 23.2 Å². The monoisotopic (exact) mass is 256 g/mol. The summed E-state index contributed by atoms with van der Waals surface area (Å²) in [5, 5.41) is 10.2. The van der Waals surface area contributed by atoms with Gasteiger partial charge in [-0.1, -0.05) is 18.2 Å². The Balaban J connectivity index is 2.11. The van der Waals surface area contributed by atoms with Gasteiger partial charge in [0, 0.05) is 25.0 Å². The fraction of sp³-hybridized carbons (Fsp3) is 0.312. The smallest absolute Gasteiger partial charge is 0.113 e. The number of rotatable bonds is 5. The maximum absolute atomic E-state index is 10.2. The van der Waals surface area contributed by atoms with Gasteiger partial charge >= 0.3 is 0 Å². The number of hydrogen-bond donors (Lipinski definition) is 1. The summed E-state index contributed by atoms with van der Waals surface area (Å²) in [4.78, 5) is 6.36. The van der Waals surface area contributed by atoms with Gasteiger partial charge < -0.3 is 10.0 Å². The lowest BCUT2D eigenvalue weighted by atomic mass is 10.1. The van der Waals surface area contributed by atoms with Crippen LogP contribution in [0.1, 0.15) is 24.3 Å². The topological polar surface area (TPSA) is 36.4 Å². The van der Waals surface area contributed by atoms with E-state index in [0.717, 1.165) is 12.2 Å². The average molecular weight is 256 g/mol. The molecule has 0 amide bonds. The standard InChI is InChI=1S/C16H20N2O/c1-3-18(14-8-6-7-13(2)11-14)12-16(19)15-9-4-5-10-17-15/h4-11,16,19H,3,12H2,1-2H3. The number of aromatic nitrogens is 1. The zero-order valence-corrected chi connectivity index (χ0v) is 11.5. The molecule has 2 rings (SSSR count). The van der Waals surface area contributed by atoms with Crippen LogP contribution >= 0.6 is 0 Å². The first-order valence-corrected chi connectivity index (χ1v) is 6.61. The lowest BCUT2D eigenvalue weighted by Gasteiger charge is -2.26. The molecule has 0 saturated heterocycles. The summed E-state index contributed by atoms with van der Waals surface area (Å²) in [6.45, 7) is 5.57. The molecule has 2 aromatic rings. The molecule has 0 aliphatic rings. The van der Waals surface area contributed by atoms with Crippen molar-refractivity contribution in [2.75, 3.05) is 18.0 Å². The first-order valence-electron chi connectivity index (χ1n) is 6.61. The number of aryl methyl sites for hydroxylation is 1. The lowest BCUT2D eigenvalue weighted by molar-refractivity contribution is 0.179. The Morgan fingerprint density at radius 3 is 2.68 bits per heavy atom. The molecule has 0 saturated carbocycles. The third-order valence-corrected chi connectivity index (χ3v) is 3.17. The zero-order valence-electron chi connectivity index (χ0n) is 11.5. The van der Waals surface area contributed by atoms with Gasteiger partial charge in [-0.25, -0.2) is 0 Å². The molecule has 1 N–H and O–H groups in total. The zero-order chi connectivity index (χ0) is 13.7. The summed E-state index contributed by atoms with van der Waals surface area (Å²) in [5.41, 5.74) is 3.08. The third-order valence-electron chi connectivity index (χ3n) is 3.17. The largest absolute Gasteiger partial charge is 0.385 e. The summed E-state index contributed by atoms with van der Waals surface area (Å²) in [5.74, 6) is 0. The number of aliphatic hydroxyl groups is 1. The van der Waals surface area contributed by atoms with Crippen LogP contribution in [0, 0.1) is 6.92 Å². The number of nitrogens with zero attached hydrogens (tertiary/aromatic N) is 2. The van der Waals surface area contributed by atoms with Crippen LogP contribution in [0.3, 0.4) is 0 Å². The van der Waals surface area contributed by atoms with Gasteiger partial charge in [-0.2, -0.15) is 0 Å². The van der Waals surface area contributed by atoms with Crippen molar-refractivity contribution in [2.45, 2.75) is 20.0 Å². The van der Waals surface area contributed by atoms with Crippen molar-refractivity contribution in [3.63, 3.8) is 0 Å². The van der Waals surface area contributed by atoms with E-state index in [0.29, 0.717) is 12.2 Å². The maximum atomic E-state index is 10.2. The molecule has 0 bridgehead atoms. The molecule has 0 radical (unpaired) electrons. The quantitative estimate of drug-likeness (QED) is 0.893. The van der Waals surface area contributed by atoms with Gasteiger partial charge in [0.1, 0.15) is 6.10 Å². The second-order valence-corrected chi connectivity index (χ2v) is 4.65. The van der Waals surface area contributed by atoms with Crippen LogP contribution in [-0.2, 0) is 0 Å². The summed E-state index contributed by atoms with van der Waals surface area (Å²) in [7, 11) is 0. The highest BCUT2D eigenvalue weighted by Gasteiger charge is 2.13. The minimum atomic E-state index is -0.568. The molecule has 100 valence electrons. The van der Waals surface area contributed by atoms with Gasteiger partial charge in [-0.15, -0.1) is 0 Å². The Labute approximate surface area is 114 Å². The molecule has 1 aromatic heterocycles. The van der Waals surface area contributed by atoms with E-state index in [1.807, 2.05) is 24.3 Å². The van der Waals surface area contributed by atoms with E-state index >= 15 is 0 Å². The number of pyridine rings is 1. The molecule has 0 aliphatic carbocycles. The Morgan fingerprint density at radius 2 is 2.05 bits per heavy atom. The van der Waals surface area contributed by atoms with E-state index in [2.05, 4.69) is 41.9 Å². The average Bonchev–Trinajstić information content (AvgIpc) is 2.45. The molecule has 0 fully saturated rings. The van der Waals surface area contributed by atoms with E-state index in [1.165, 1.54) is 5.56 Å². The van der Waals surface area contributed by atoms with Crippen LogP contribution in [0.2, 0.25) is 0 Å². The van der Waals surface area contributed by atoms with Gasteiger partial charge in [-0.3, -0.25) is 4.98 Å². The summed E-state index contributed by atoms with van der Waals surface area (Å²) in [6, 6.07) is 13.9. The predicted molar refractivity (Wildman–Crippen MR) is 78.3 cm³/mol. The fourth-order valence-corrected chi connectivity index (χ4v) is 2.12. The fourth-order valence-electron chi connectivity index (χ4n) is 2.12. The van der Waals surface area contributed by atoms with Crippen molar-refractivity contribution in [3.05, 3.63) is 59.9 Å². The highest BCUT2D eigenvalue weighted by Crippen LogP contribution is 2.19. The molecule has 0 aliphatic heterocycles. The second-order valence-electron chi connectivity index (χ2n) is 4.65. The predicted octanol–water partition coefficient (Wildman–Crippen LogP) is 2.95. The van der Waals surface area contributed by atoms with Gasteiger partial charge in [0.15, 0.2) is 0 Å². The summed E-state index contributed by atoms with van der Waals surface area (Å²) < 4.78 is 0. The molecule has 1 aromatic carbocycles. The first kappa shape index (κ1) is 13.6. The molecule has 1 unspecified atom stereocenters. The number of hydrogen-bond acceptors (Lipinski definition) is 3. The van der Waals surface area contributed by atoms with Crippen LogP contribution in [0.25, 0.3) is 0 Å². The van der Waals surface area contributed by atoms with Crippen LogP contribution in [0.5, 0.6) is 0 Å². The minimum Gasteiger partial charge on any atom is -0.385 e. The van der Waals surface area contributed by atoms with Crippen LogP contribution in [0.15, 0.2) is 48.7 Å². The Kier molecular flexibility index (Phi) is 4.53. The summed E-state index contributed by atoms with van der Waals surface area (Å²) in [6.07, 6.45) is 1.14. The highest BCUT2D eigenvalue weighted by molar-refractivity contribution is 5.48. The van der Waals surface area contributed by atoms with E-state index in [9.17, 15) is 5.11 Å². The molecule has 1 atom stereocenters. The highest BCUT2D eigenvalue weighted by atomic mass is 16.3. The van der Waals surface area contributed by atoms with Crippen molar-refractivity contribution in [1.82, 2.24) is 4.98 Å².